The summed E-state index contributed by atoms with van der Waals surface area (Å²) in [4.78, 5) is 42.2. The topological polar surface area (TPSA) is 117 Å². The maximum Gasteiger partial charge on any atom is 0.417 e. The summed E-state index contributed by atoms with van der Waals surface area (Å²) in [6, 6.07) is 3.44. The van der Waals surface area contributed by atoms with E-state index in [2.05, 4.69) is 20.8 Å². The average molecular weight is 620 g/mol. The Morgan fingerprint density at radius 2 is 1.76 bits per heavy atom. The molecule has 1 aromatic heterocycles. The number of carbonyl (C=O) groups is 3. The Bertz CT molecular complexity index is 1190. The maximum atomic E-state index is 13.7. The lowest BCUT2D eigenvalue weighted by atomic mass is 9.80. The van der Waals surface area contributed by atoms with Gasteiger partial charge in [-0.2, -0.15) is 13.2 Å². The zero-order chi connectivity index (χ0) is 29.5. The lowest BCUT2D eigenvalue weighted by Crippen LogP contribution is -2.62. The summed E-state index contributed by atoms with van der Waals surface area (Å²) in [7, 11) is 3.86. The molecule has 1 aromatic carbocycles. The van der Waals surface area contributed by atoms with E-state index < -0.39 is 46.5 Å². The molecule has 2 amide bonds. The van der Waals surface area contributed by atoms with E-state index in [1.54, 1.807) is 0 Å². The summed E-state index contributed by atoms with van der Waals surface area (Å²) in [5, 5.41) is 13.4. The maximum absolute atomic E-state index is 13.7. The fourth-order valence-corrected chi connectivity index (χ4v) is 5.48. The molecule has 0 bridgehead atoms. The molecule has 1 aliphatic carbocycles. The van der Waals surface area contributed by atoms with E-state index in [1.807, 2.05) is 32.8 Å². The molecule has 1 aliphatic rings. The minimum absolute atomic E-state index is 0. The SMILES string of the molecule is CC(C)CC(NC(=O)C1(NC(=O)c2ccccc2C(F)(F)F)CCCCC1)C(=O)c1nnc(SCCN(C)C)o1.Cl. The van der Waals surface area contributed by atoms with Crippen LogP contribution in [0.3, 0.4) is 0 Å². The average Bonchev–Trinajstić information content (AvgIpc) is 3.36. The first-order chi connectivity index (χ1) is 18.8. The van der Waals surface area contributed by atoms with E-state index >= 15 is 0 Å². The van der Waals surface area contributed by atoms with Crippen LogP contribution in [0.5, 0.6) is 0 Å². The van der Waals surface area contributed by atoms with Crippen LogP contribution in [0, 0.1) is 5.92 Å². The van der Waals surface area contributed by atoms with Crippen LogP contribution >= 0.6 is 24.2 Å². The molecule has 41 heavy (non-hydrogen) atoms. The number of aromatic nitrogens is 2. The molecule has 3 rings (SSSR count). The molecule has 1 atom stereocenters. The Kier molecular flexibility index (Phi) is 12.7. The highest BCUT2D eigenvalue weighted by molar-refractivity contribution is 7.99. The predicted molar refractivity (Wildman–Crippen MR) is 151 cm³/mol. The highest BCUT2D eigenvalue weighted by Gasteiger charge is 2.44. The van der Waals surface area contributed by atoms with E-state index in [-0.39, 0.29) is 48.7 Å². The second kappa shape index (κ2) is 15.0. The summed E-state index contributed by atoms with van der Waals surface area (Å²) < 4.78 is 46.3. The van der Waals surface area contributed by atoms with Gasteiger partial charge in [-0.25, -0.2) is 0 Å². The van der Waals surface area contributed by atoms with Crippen LogP contribution in [-0.2, 0) is 11.0 Å². The van der Waals surface area contributed by atoms with Crippen molar-refractivity contribution in [3.8, 4) is 0 Å². The van der Waals surface area contributed by atoms with Gasteiger partial charge in [0.2, 0.25) is 11.7 Å². The van der Waals surface area contributed by atoms with Crippen molar-refractivity contribution in [2.24, 2.45) is 5.92 Å². The predicted octanol–water partition coefficient (Wildman–Crippen LogP) is 5.01. The fourth-order valence-electron chi connectivity index (χ4n) is 4.61. The molecule has 2 aromatic rings. The first-order valence-corrected chi connectivity index (χ1v) is 14.3. The molecule has 0 saturated heterocycles. The van der Waals surface area contributed by atoms with Gasteiger partial charge in [-0.05, 0) is 51.4 Å². The number of alkyl halides is 3. The molecule has 1 fully saturated rings. The van der Waals surface area contributed by atoms with Crippen molar-refractivity contribution in [1.82, 2.24) is 25.7 Å². The quantitative estimate of drug-likeness (QED) is 0.252. The number of halogens is 4. The Labute approximate surface area is 248 Å². The molecule has 0 spiro atoms. The number of carbonyl (C=O) groups excluding carboxylic acids is 3. The van der Waals surface area contributed by atoms with Crippen molar-refractivity contribution in [2.75, 3.05) is 26.4 Å². The van der Waals surface area contributed by atoms with Crippen LogP contribution < -0.4 is 10.6 Å². The third-order valence-electron chi connectivity index (χ3n) is 6.68. The van der Waals surface area contributed by atoms with Gasteiger partial charge in [0.1, 0.15) is 5.54 Å². The number of hydrogen-bond acceptors (Lipinski definition) is 8. The standard InChI is InChI=1S/C27H36F3N5O4S.ClH/c1-17(2)16-20(21(36)23-33-34-25(39-23)40-15-14-35(3)4)31-24(38)26(12-8-5-9-13-26)32-22(37)18-10-6-7-11-19(18)27(28,29)30;/h6-7,10-11,17,20H,5,8-9,12-16H2,1-4H3,(H,31,38)(H,32,37);1H. The van der Waals surface area contributed by atoms with Crippen molar-refractivity contribution in [3.63, 3.8) is 0 Å². The normalized spacial score (nSPS) is 15.7. The largest absolute Gasteiger partial charge is 0.417 e. The third-order valence-corrected chi connectivity index (χ3v) is 7.48. The number of rotatable bonds is 12. The number of Topliss-reactive ketones (excluding diaryl/α,β-unsaturated/α-hetero) is 1. The van der Waals surface area contributed by atoms with E-state index in [0.717, 1.165) is 25.1 Å². The van der Waals surface area contributed by atoms with Crippen LogP contribution in [0.4, 0.5) is 13.2 Å². The Morgan fingerprint density at radius 1 is 1.10 bits per heavy atom. The molecule has 2 N–H and O–H groups in total. The van der Waals surface area contributed by atoms with Gasteiger partial charge < -0.3 is 20.0 Å². The van der Waals surface area contributed by atoms with Crippen molar-refractivity contribution in [2.45, 2.75) is 75.4 Å². The highest BCUT2D eigenvalue weighted by atomic mass is 35.5. The van der Waals surface area contributed by atoms with Gasteiger partial charge in [0.15, 0.2) is 0 Å². The van der Waals surface area contributed by atoms with Crippen molar-refractivity contribution >= 4 is 41.8 Å². The van der Waals surface area contributed by atoms with Gasteiger partial charge in [0.05, 0.1) is 17.2 Å². The summed E-state index contributed by atoms with van der Waals surface area (Å²) in [6.07, 6.45) is -2.02. The lowest BCUT2D eigenvalue weighted by molar-refractivity contribution is -0.137. The van der Waals surface area contributed by atoms with Crippen LogP contribution in [-0.4, -0.2) is 70.7 Å². The van der Waals surface area contributed by atoms with Gasteiger partial charge in [-0.15, -0.1) is 22.6 Å². The molecule has 1 unspecified atom stereocenters. The van der Waals surface area contributed by atoms with Crippen molar-refractivity contribution in [3.05, 3.63) is 41.3 Å². The lowest BCUT2D eigenvalue weighted by Gasteiger charge is -2.38. The second-order valence-electron chi connectivity index (χ2n) is 10.7. The monoisotopic (exact) mass is 619 g/mol. The minimum atomic E-state index is -4.74. The smallest absolute Gasteiger partial charge is 0.408 e. The molecule has 228 valence electrons. The first-order valence-electron chi connectivity index (χ1n) is 13.3. The van der Waals surface area contributed by atoms with E-state index in [4.69, 9.17) is 4.42 Å². The molecule has 14 heteroatoms. The van der Waals surface area contributed by atoms with Crippen molar-refractivity contribution in [1.29, 1.82) is 0 Å². The Morgan fingerprint density at radius 3 is 2.37 bits per heavy atom. The zero-order valence-electron chi connectivity index (χ0n) is 23.5. The molecule has 0 aliphatic heterocycles. The summed E-state index contributed by atoms with van der Waals surface area (Å²) in [5.74, 6) is -1.74. The van der Waals surface area contributed by atoms with Crippen LogP contribution in [0.25, 0.3) is 0 Å². The zero-order valence-corrected chi connectivity index (χ0v) is 25.2. The van der Waals surface area contributed by atoms with Crippen LogP contribution in [0.15, 0.2) is 33.9 Å². The molecule has 0 radical (unpaired) electrons. The number of ketones is 1. The number of hydrogen-bond donors (Lipinski definition) is 2. The molecule has 9 nitrogen and oxygen atoms in total. The van der Waals surface area contributed by atoms with E-state index in [1.165, 1.54) is 23.9 Å². The number of thioether (sulfide) groups is 1. The van der Waals surface area contributed by atoms with Gasteiger partial charge in [0.25, 0.3) is 17.0 Å². The summed E-state index contributed by atoms with van der Waals surface area (Å²) in [6.45, 7) is 4.54. The summed E-state index contributed by atoms with van der Waals surface area (Å²) >= 11 is 1.31. The third kappa shape index (κ3) is 9.44. The van der Waals surface area contributed by atoms with Gasteiger partial charge in [-0.1, -0.05) is 57.0 Å². The second-order valence-corrected chi connectivity index (χ2v) is 11.7. The van der Waals surface area contributed by atoms with E-state index in [9.17, 15) is 27.6 Å². The molecular weight excluding hydrogens is 583 g/mol. The fraction of sp³-hybridized carbons (Fsp3) is 0.593. The molecule has 1 heterocycles. The van der Waals surface area contributed by atoms with Gasteiger partial charge in [-0.3, -0.25) is 14.4 Å². The van der Waals surface area contributed by atoms with Crippen LogP contribution in [0.2, 0.25) is 0 Å². The number of nitrogens with one attached hydrogen (secondary N) is 2. The number of nitrogens with zero attached hydrogens (tertiary/aromatic N) is 3. The van der Waals surface area contributed by atoms with Gasteiger partial charge >= 0.3 is 6.18 Å². The molecule has 1 saturated carbocycles. The minimum Gasteiger partial charge on any atom is -0.408 e. The highest BCUT2D eigenvalue weighted by Crippen LogP contribution is 2.34. The van der Waals surface area contributed by atoms with E-state index in [0.29, 0.717) is 18.6 Å². The summed E-state index contributed by atoms with van der Waals surface area (Å²) in [5.41, 5.74) is -3.11. The number of benzene rings is 1. The van der Waals surface area contributed by atoms with Crippen LogP contribution in [0.1, 0.15) is 79.0 Å². The Balaban J connectivity index is 0.00000588. The number of amides is 2. The Hall–Kier alpha value is -2.64. The van der Waals surface area contributed by atoms with Gasteiger partial charge in [0, 0.05) is 12.3 Å². The van der Waals surface area contributed by atoms with Crippen molar-refractivity contribution < 1.29 is 32.0 Å². The molecular formula is C27H37ClF3N5O4S. The first kappa shape index (κ1) is 34.6.